The molecule has 0 atom stereocenters. The van der Waals surface area contributed by atoms with E-state index < -0.39 is 0 Å². The Bertz CT molecular complexity index is 1530. The summed E-state index contributed by atoms with van der Waals surface area (Å²) in [6, 6.07) is 21.2. The standard InChI is InChI=1S/C29H26N6O2/c36-29(32-22-10-12-27(31-18-22)35-13-5-2-6-14-35)28-25-16-20(9-11-26(25)33-34-28)21-15-24(19-30-17-21)37-23-7-3-1-4-8-23/h1,3-4,7-12,15-19H,2,5-6,13-14H2,(H,32,36)(H,33,34). The van der Waals surface area contributed by atoms with Crippen LogP contribution in [0.1, 0.15) is 29.8 Å². The number of ether oxygens (including phenoxy) is 1. The van der Waals surface area contributed by atoms with E-state index in [9.17, 15) is 4.79 Å². The first-order valence-corrected chi connectivity index (χ1v) is 12.4. The molecule has 8 nitrogen and oxygen atoms in total. The topological polar surface area (TPSA) is 96.0 Å². The van der Waals surface area contributed by atoms with Gasteiger partial charge in [-0.3, -0.25) is 14.9 Å². The fraction of sp³-hybridized carbons (Fsp3) is 0.172. The molecule has 3 aromatic heterocycles. The van der Waals surface area contributed by atoms with Crippen molar-refractivity contribution in [2.24, 2.45) is 0 Å². The SMILES string of the molecule is O=C(Nc1ccc(N2CCCCC2)nc1)c1n[nH]c2ccc(-c3cncc(Oc4ccccc4)c3)cc12. The number of nitrogens with one attached hydrogen (secondary N) is 2. The molecule has 1 aliphatic heterocycles. The molecule has 0 spiro atoms. The van der Waals surface area contributed by atoms with E-state index in [1.807, 2.05) is 66.7 Å². The molecule has 4 heterocycles. The summed E-state index contributed by atoms with van der Waals surface area (Å²) < 4.78 is 5.93. The normalized spacial score (nSPS) is 13.5. The number of benzene rings is 2. The summed E-state index contributed by atoms with van der Waals surface area (Å²) in [5, 5.41) is 10.9. The van der Waals surface area contributed by atoms with Crippen LogP contribution in [0.25, 0.3) is 22.0 Å². The number of fused-ring (bicyclic) bond motifs is 1. The Balaban J connectivity index is 1.21. The molecule has 0 radical (unpaired) electrons. The van der Waals surface area contributed by atoms with Crippen LogP contribution in [-0.4, -0.2) is 39.2 Å². The Hall–Kier alpha value is -4.72. The van der Waals surface area contributed by atoms with Crippen LogP contribution < -0.4 is 15.0 Å². The molecular weight excluding hydrogens is 464 g/mol. The monoisotopic (exact) mass is 490 g/mol. The number of para-hydroxylation sites is 1. The van der Waals surface area contributed by atoms with Crippen LogP contribution in [0.15, 0.2) is 85.3 Å². The molecule has 8 heteroatoms. The molecule has 1 aliphatic rings. The second kappa shape index (κ2) is 10.1. The second-order valence-electron chi connectivity index (χ2n) is 9.06. The van der Waals surface area contributed by atoms with Crippen molar-refractivity contribution in [2.75, 3.05) is 23.3 Å². The van der Waals surface area contributed by atoms with E-state index >= 15 is 0 Å². The number of rotatable bonds is 6. The first-order valence-electron chi connectivity index (χ1n) is 12.4. The molecule has 0 aliphatic carbocycles. The molecule has 1 saturated heterocycles. The highest BCUT2D eigenvalue weighted by molar-refractivity contribution is 6.11. The van der Waals surface area contributed by atoms with Gasteiger partial charge in [0.25, 0.3) is 5.91 Å². The molecule has 2 aromatic carbocycles. The lowest BCUT2D eigenvalue weighted by atomic mass is 10.0. The van der Waals surface area contributed by atoms with Crippen LogP contribution in [0.5, 0.6) is 11.5 Å². The number of aromatic nitrogens is 4. The average Bonchev–Trinajstić information content (AvgIpc) is 3.38. The molecule has 1 amide bonds. The largest absolute Gasteiger partial charge is 0.456 e. The number of nitrogens with zero attached hydrogens (tertiary/aromatic N) is 4. The fourth-order valence-electron chi connectivity index (χ4n) is 4.58. The van der Waals surface area contributed by atoms with Crippen LogP contribution in [-0.2, 0) is 0 Å². The molecule has 37 heavy (non-hydrogen) atoms. The van der Waals surface area contributed by atoms with E-state index in [0.29, 0.717) is 17.1 Å². The van der Waals surface area contributed by atoms with Gasteiger partial charge in [0.05, 0.1) is 23.6 Å². The minimum absolute atomic E-state index is 0.296. The van der Waals surface area contributed by atoms with Crippen LogP contribution in [0.2, 0.25) is 0 Å². The lowest BCUT2D eigenvalue weighted by Crippen LogP contribution is -2.30. The number of hydrogen-bond donors (Lipinski definition) is 2. The Labute approximate surface area is 214 Å². The van der Waals surface area contributed by atoms with E-state index in [4.69, 9.17) is 4.74 Å². The minimum Gasteiger partial charge on any atom is -0.456 e. The predicted octanol–water partition coefficient (Wildman–Crippen LogP) is 6.05. The fourth-order valence-corrected chi connectivity index (χ4v) is 4.58. The quantitative estimate of drug-likeness (QED) is 0.301. The number of carbonyl (C=O) groups excluding carboxylic acids is 1. The van der Waals surface area contributed by atoms with Crippen molar-refractivity contribution in [3.05, 3.63) is 91.0 Å². The van der Waals surface area contributed by atoms with Crippen molar-refractivity contribution >= 4 is 28.3 Å². The number of piperidine rings is 1. The first kappa shape index (κ1) is 22.7. The van der Waals surface area contributed by atoms with Crippen molar-refractivity contribution < 1.29 is 9.53 Å². The zero-order valence-electron chi connectivity index (χ0n) is 20.2. The van der Waals surface area contributed by atoms with E-state index in [1.54, 1.807) is 18.6 Å². The van der Waals surface area contributed by atoms with E-state index in [-0.39, 0.29) is 5.91 Å². The molecular formula is C29H26N6O2. The minimum atomic E-state index is -0.296. The summed E-state index contributed by atoms with van der Waals surface area (Å²) in [5.41, 5.74) is 3.51. The molecule has 1 fully saturated rings. The second-order valence-corrected chi connectivity index (χ2v) is 9.06. The summed E-state index contributed by atoms with van der Waals surface area (Å²) >= 11 is 0. The van der Waals surface area contributed by atoms with Gasteiger partial charge in [-0.25, -0.2) is 4.98 Å². The summed E-state index contributed by atoms with van der Waals surface area (Å²) in [4.78, 5) is 24.3. The summed E-state index contributed by atoms with van der Waals surface area (Å²) in [7, 11) is 0. The van der Waals surface area contributed by atoms with Crippen LogP contribution in [0.4, 0.5) is 11.5 Å². The van der Waals surface area contributed by atoms with Gasteiger partial charge in [-0.15, -0.1) is 0 Å². The van der Waals surface area contributed by atoms with Crippen molar-refractivity contribution in [3.63, 3.8) is 0 Å². The third-order valence-corrected chi connectivity index (χ3v) is 6.49. The summed E-state index contributed by atoms with van der Waals surface area (Å²) in [5.74, 6) is 2.02. The molecule has 6 rings (SSSR count). The number of anilines is 2. The molecule has 184 valence electrons. The number of amides is 1. The number of hydrogen-bond acceptors (Lipinski definition) is 6. The number of aromatic amines is 1. The number of pyridine rings is 2. The van der Waals surface area contributed by atoms with Gasteiger partial charge in [-0.1, -0.05) is 24.3 Å². The van der Waals surface area contributed by atoms with Gasteiger partial charge in [0.15, 0.2) is 5.69 Å². The van der Waals surface area contributed by atoms with Gasteiger partial charge in [0.2, 0.25) is 0 Å². The highest BCUT2D eigenvalue weighted by atomic mass is 16.5. The van der Waals surface area contributed by atoms with Crippen LogP contribution >= 0.6 is 0 Å². The molecule has 5 aromatic rings. The predicted molar refractivity (Wildman–Crippen MR) is 144 cm³/mol. The highest BCUT2D eigenvalue weighted by Gasteiger charge is 2.17. The molecule has 0 unspecified atom stereocenters. The van der Waals surface area contributed by atoms with E-state index in [1.165, 1.54) is 19.3 Å². The maximum absolute atomic E-state index is 13.1. The van der Waals surface area contributed by atoms with E-state index in [2.05, 4.69) is 30.4 Å². The molecule has 2 N–H and O–H groups in total. The number of carbonyl (C=O) groups is 1. The average molecular weight is 491 g/mol. The highest BCUT2D eigenvalue weighted by Crippen LogP contribution is 2.29. The Morgan fingerprint density at radius 2 is 1.73 bits per heavy atom. The van der Waals surface area contributed by atoms with E-state index in [0.717, 1.165) is 46.7 Å². The van der Waals surface area contributed by atoms with Gasteiger partial charge in [0, 0.05) is 30.2 Å². The Morgan fingerprint density at radius 1 is 0.865 bits per heavy atom. The first-order chi connectivity index (χ1) is 18.2. The zero-order chi connectivity index (χ0) is 25.0. The maximum Gasteiger partial charge on any atom is 0.276 e. The maximum atomic E-state index is 13.1. The Kier molecular flexibility index (Phi) is 6.21. The lowest BCUT2D eigenvalue weighted by Gasteiger charge is -2.27. The lowest BCUT2D eigenvalue weighted by molar-refractivity contribution is 0.102. The summed E-state index contributed by atoms with van der Waals surface area (Å²) in [6.45, 7) is 2.05. The van der Waals surface area contributed by atoms with Gasteiger partial charge < -0.3 is 15.0 Å². The van der Waals surface area contributed by atoms with Crippen LogP contribution in [0.3, 0.4) is 0 Å². The molecule has 0 saturated carbocycles. The van der Waals surface area contributed by atoms with Crippen molar-refractivity contribution in [2.45, 2.75) is 19.3 Å². The zero-order valence-corrected chi connectivity index (χ0v) is 20.2. The molecule has 0 bridgehead atoms. The third-order valence-electron chi connectivity index (χ3n) is 6.49. The van der Waals surface area contributed by atoms with Gasteiger partial charge in [-0.05, 0) is 67.3 Å². The van der Waals surface area contributed by atoms with Crippen molar-refractivity contribution in [3.8, 4) is 22.6 Å². The third kappa shape index (κ3) is 4.99. The smallest absolute Gasteiger partial charge is 0.276 e. The van der Waals surface area contributed by atoms with Gasteiger partial charge >= 0.3 is 0 Å². The van der Waals surface area contributed by atoms with Gasteiger partial charge in [-0.2, -0.15) is 5.10 Å². The van der Waals surface area contributed by atoms with Gasteiger partial charge in [0.1, 0.15) is 17.3 Å². The Morgan fingerprint density at radius 3 is 2.54 bits per heavy atom. The summed E-state index contributed by atoms with van der Waals surface area (Å²) in [6.07, 6.45) is 8.80. The van der Waals surface area contributed by atoms with Crippen LogP contribution in [0, 0.1) is 0 Å². The van der Waals surface area contributed by atoms with Crippen molar-refractivity contribution in [1.29, 1.82) is 0 Å². The number of H-pyrrole nitrogens is 1. The van der Waals surface area contributed by atoms with Crippen molar-refractivity contribution in [1.82, 2.24) is 20.2 Å².